The molecule has 1 atom stereocenters. The van der Waals surface area contributed by atoms with Gasteiger partial charge in [-0.25, -0.2) is 0 Å². The molecule has 0 aromatic heterocycles. The Hall–Kier alpha value is -0.820. The average molecular weight is 191 g/mol. The molecule has 14 heavy (non-hydrogen) atoms. The van der Waals surface area contributed by atoms with Crippen molar-refractivity contribution in [2.24, 2.45) is 11.7 Å². The monoisotopic (exact) mass is 191 g/mol. The van der Waals surface area contributed by atoms with Gasteiger partial charge in [-0.05, 0) is 36.8 Å². The highest BCUT2D eigenvalue weighted by atomic mass is 14.6. The molecule has 0 fully saturated rings. The first-order chi connectivity index (χ1) is 6.59. The van der Waals surface area contributed by atoms with E-state index in [1.54, 1.807) is 0 Å². The van der Waals surface area contributed by atoms with Crippen LogP contribution in [0.4, 0.5) is 0 Å². The van der Waals surface area contributed by atoms with Crippen molar-refractivity contribution in [1.29, 1.82) is 0 Å². The Balaban J connectivity index is 2.55. The highest BCUT2D eigenvalue weighted by Crippen LogP contribution is 2.13. The van der Waals surface area contributed by atoms with E-state index in [-0.39, 0.29) is 6.04 Å². The molecule has 1 aromatic rings. The first-order valence-electron chi connectivity index (χ1n) is 5.44. The molecule has 0 aliphatic carbocycles. The zero-order valence-electron chi connectivity index (χ0n) is 9.46. The van der Waals surface area contributed by atoms with Crippen molar-refractivity contribution < 1.29 is 0 Å². The van der Waals surface area contributed by atoms with Gasteiger partial charge in [0, 0.05) is 6.04 Å². The fraction of sp³-hybridized carbons (Fsp3) is 0.538. The quantitative estimate of drug-likeness (QED) is 0.776. The molecule has 2 N–H and O–H groups in total. The first-order valence-corrected chi connectivity index (χ1v) is 5.44. The molecule has 1 rings (SSSR count). The summed E-state index contributed by atoms with van der Waals surface area (Å²) in [6.45, 7) is 6.54. The van der Waals surface area contributed by atoms with Crippen LogP contribution in [0.15, 0.2) is 24.3 Å². The minimum absolute atomic E-state index is 0.147. The minimum atomic E-state index is 0.147. The van der Waals surface area contributed by atoms with Gasteiger partial charge < -0.3 is 5.73 Å². The third kappa shape index (κ3) is 3.51. The predicted molar refractivity (Wildman–Crippen MR) is 62.2 cm³/mol. The van der Waals surface area contributed by atoms with E-state index < -0.39 is 0 Å². The number of aryl methyl sites for hydroxylation is 1. The van der Waals surface area contributed by atoms with Crippen LogP contribution in [0.5, 0.6) is 0 Å². The van der Waals surface area contributed by atoms with Crippen LogP contribution in [0.1, 0.15) is 44.4 Å². The molecule has 0 aliphatic rings. The third-order valence-electron chi connectivity index (χ3n) is 2.52. The van der Waals surface area contributed by atoms with E-state index in [0.29, 0.717) is 0 Å². The topological polar surface area (TPSA) is 26.0 Å². The Bertz CT molecular complexity index is 259. The largest absolute Gasteiger partial charge is 0.324 e. The lowest BCUT2D eigenvalue weighted by Crippen LogP contribution is -2.04. The maximum atomic E-state index is 5.79. The second kappa shape index (κ2) is 5.16. The van der Waals surface area contributed by atoms with Crippen molar-refractivity contribution in [1.82, 2.24) is 0 Å². The molecule has 0 saturated carbocycles. The third-order valence-corrected chi connectivity index (χ3v) is 2.52. The van der Waals surface area contributed by atoms with Gasteiger partial charge in [-0.15, -0.1) is 0 Å². The highest BCUT2D eigenvalue weighted by molar-refractivity contribution is 5.24. The van der Waals surface area contributed by atoms with Crippen LogP contribution in [0.3, 0.4) is 0 Å². The van der Waals surface area contributed by atoms with Crippen LogP contribution in [-0.2, 0) is 6.42 Å². The van der Waals surface area contributed by atoms with E-state index in [9.17, 15) is 0 Å². The maximum Gasteiger partial charge on any atom is 0.0266 e. The Morgan fingerprint density at radius 2 is 1.64 bits per heavy atom. The number of rotatable bonds is 4. The molecule has 0 spiro atoms. The van der Waals surface area contributed by atoms with Gasteiger partial charge >= 0.3 is 0 Å². The average Bonchev–Trinajstić information content (AvgIpc) is 2.15. The zero-order valence-corrected chi connectivity index (χ0v) is 9.46. The van der Waals surface area contributed by atoms with Gasteiger partial charge in [0.05, 0.1) is 0 Å². The van der Waals surface area contributed by atoms with E-state index in [4.69, 9.17) is 5.73 Å². The summed E-state index contributed by atoms with van der Waals surface area (Å²) in [5, 5.41) is 0. The standard InChI is InChI=1S/C13H21N/c1-10(2)4-5-12-6-8-13(9-7-12)11(3)14/h6-11H,4-5,14H2,1-3H3. The fourth-order valence-corrected chi connectivity index (χ4v) is 1.44. The van der Waals surface area contributed by atoms with Crippen LogP contribution >= 0.6 is 0 Å². The number of nitrogens with two attached hydrogens (primary N) is 1. The van der Waals surface area contributed by atoms with Crippen molar-refractivity contribution in [3.8, 4) is 0 Å². The molecule has 1 heteroatoms. The smallest absolute Gasteiger partial charge is 0.0266 e. The van der Waals surface area contributed by atoms with Gasteiger partial charge in [-0.1, -0.05) is 38.1 Å². The van der Waals surface area contributed by atoms with Crippen LogP contribution in [-0.4, -0.2) is 0 Å². The number of hydrogen-bond donors (Lipinski definition) is 1. The molecule has 1 nitrogen and oxygen atoms in total. The SMILES string of the molecule is CC(C)CCc1ccc(C(C)N)cc1. The van der Waals surface area contributed by atoms with Crippen LogP contribution in [0.2, 0.25) is 0 Å². The van der Waals surface area contributed by atoms with Crippen LogP contribution in [0.25, 0.3) is 0 Å². The predicted octanol–water partition coefficient (Wildman–Crippen LogP) is 3.29. The Morgan fingerprint density at radius 1 is 1.07 bits per heavy atom. The van der Waals surface area contributed by atoms with Crippen molar-refractivity contribution >= 4 is 0 Å². The van der Waals surface area contributed by atoms with Crippen molar-refractivity contribution in [2.45, 2.75) is 39.7 Å². The lowest BCUT2D eigenvalue weighted by Gasteiger charge is -2.08. The molecule has 0 saturated heterocycles. The van der Waals surface area contributed by atoms with E-state index in [1.807, 2.05) is 6.92 Å². The maximum absolute atomic E-state index is 5.79. The number of benzene rings is 1. The van der Waals surface area contributed by atoms with Crippen LogP contribution in [0, 0.1) is 5.92 Å². The molecule has 1 unspecified atom stereocenters. The Labute approximate surface area is 87.3 Å². The van der Waals surface area contributed by atoms with Gasteiger partial charge in [0.15, 0.2) is 0 Å². The normalized spacial score (nSPS) is 13.2. The molecule has 0 heterocycles. The summed E-state index contributed by atoms with van der Waals surface area (Å²) in [6.07, 6.45) is 2.44. The molecule has 0 aliphatic heterocycles. The summed E-state index contributed by atoms with van der Waals surface area (Å²) >= 11 is 0. The zero-order chi connectivity index (χ0) is 10.6. The summed E-state index contributed by atoms with van der Waals surface area (Å²) in [5.74, 6) is 0.781. The summed E-state index contributed by atoms with van der Waals surface area (Å²) in [5.41, 5.74) is 8.43. The van der Waals surface area contributed by atoms with Crippen LogP contribution < -0.4 is 5.73 Å². The van der Waals surface area contributed by atoms with Crippen molar-refractivity contribution in [3.63, 3.8) is 0 Å². The van der Waals surface area contributed by atoms with Gasteiger partial charge in [0.25, 0.3) is 0 Å². The minimum Gasteiger partial charge on any atom is -0.324 e. The second-order valence-electron chi connectivity index (χ2n) is 4.46. The summed E-state index contributed by atoms with van der Waals surface area (Å²) in [6, 6.07) is 8.82. The van der Waals surface area contributed by atoms with Gasteiger partial charge in [-0.3, -0.25) is 0 Å². The van der Waals surface area contributed by atoms with Gasteiger partial charge in [0.1, 0.15) is 0 Å². The Morgan fingerprint density at radius 3 is 2.07 bits per heavy atom. The first kappa shape index (κ1) is 11.3. The molecule has 1 aromatic carbocycles. The van der Waals surface area contributed by atoms with E-state index >= 15 is 0 Å². The summed E-state index contributed by atoms with van der Waals surface area (Å²) < 4.78 is 0. The Kier molecular flexibility index (Phi) is 4.15. The molecule has 0 bridgehead atoms. The molecule has 78 valence electrons. The molecular weight excluding hydrogens is 170 g/mol. The molecule has 0 radical (unpaired) electrons. The van der Waals surface area contributed by atoms with E-state index in [0.717, 1.165) is 5.92 Å². The van der Waals surface area contributed by atoms with Crippen molar-refractivity contribution in [3.05, 3.63) is 35.4 Å². The molecule has 0 amide bonds. The van der Waals surface area contributed by atoms with Gasteiger partial charge in [-0.2, -0.15) is 0 Å². The second-order valence-corrected chi connectivity index (χ2v) is 4.46. The summed E-state index contributed by atoms with van der Waals surface area (Å²) in [4.78, 5) is 0. The van der Waals surface area contributed by atoms with E-state index in [1.165, 1.54) is 24.0 Å². The lowest BCUT2D eigenvalue weighted by atomic mass is 10.0. The van der Waals surface area contributed by atoms with Crippen molar-refractivity contribution in [2.75, 3.05) is 0 Å². The molecular formula is C13H21N. The fourth-order valence-electron chi connectivity index (χ4n) is 1.44. The summed E-state index contributed by atoms with van der Waals surface area (Å²) in [7, 11) is 0. The highest BCUT2D eigenvalue weighted by Gasteiger charge is 2.00. The number of hydrogen-bond acceptors (Lipinski definition) is 1. The van der Waals surface area contributed by atoms with E-state index in [2.05, 4.69) is 38.1 Å². The van der Waals surface area contributed by atoms with Gasteiger partial charge in [0.2, 0.25) is 0 Å². The lowest BCUT2D eigenvalue weighted by molar-refractivity contribution is 0.586.